The van der Waals surface area contributed by atoms with Gasteiger partial charge in [-0.05, 0) is 30.7 Å². The Bertz CT molecular complexity index is 626. The first-order chi connectivity index (χ1) is 9.24. The van der Waals surface area contributed by atoms with Crippen molar-refractivity contribution in [1.29, 1.82) is 0 Å². The molecule has 19 heavy (non-hydrogen) atoms. The second kappa shape index (κ2) is 4.61. The molecule has 0 spiro atoms. The van der Waals surface area contributed by atoms with E-state index in [0.717, 1.165) is 5.56 Å². The second-order valence-electron chi connectivity index (χ2n) is 4.21. The lowest BCUT2D eigenvalue weighted by atomic mass is 10.1. The summed E-state index contributed by atoms with van der Waals surface area (Å²) in [6.07, 6.45) is 3.17. The summed E-state index contributed by atoms with van der Waals surface area (Å²) in [4.78, 5) is 15.9. The molecule has 0 atom stereocenters. The van der Waals surface area contributed by atoms with Crippen LogP contribution in [0.5, 0.6) is 11.5 Å². The zero-order chi connectivity index (χ0) is 13.2. The highest BCUT2D eigenvalue weighted by Gasteiger charge is 2.17. The number of nitrogens with zero attached hydrogens (tertiary/aromatic N) is 1. The number of nitrogens with one attached hydrogen (secondary N) is 1. The summed E-state index contributed by atoms with van der Waals surface area (Å²) >= 11 is 0. The van der Waals surface area contributed by atoms with E-state index >= 15 is 0 Å². The standard InChI is InChI=1S/C14H12N2O3/c1-9-6-12-13(19-8-18-12)7-11(9)16-14(17)10-2-4-15-5-3-10/h2-7H,8H2,1H3,(H,16,17). The highest BCUT2D eigenvalue weighted by Crippen LogP contribution is 2.36. The van der Waals surface area contributed by atoms with Crippen LogP contribution in [-0.2, 0) is 0 Å². The van der Waals surface area contributed by atoms with Gasteiger partial charge in [0.2, 0.25) is 6.79 Å². The van der Waals surface area contributed by atoms with E-state index in [4.69, 9.17) is 9.47 Å². The minimum Gasteiger partial charge on any atom is -0.454 e. The molecule has 0 unspecified atom stereocenters. The van der Waals surface area contributed by atoms with Crippen LogP contribution in [0.25, 0.3) is 0 Å². The molecular formula is C14H12N2O3. The predicted molar refractivity (Wildman–Crippen MR) is 69.5 cm³/mol. The number of rotatable bonds is 2. The fourth-order valence-corrected chi connectivity index (χ4v) is 1.88. The summed E-state index contributed by atoms with van der Waals surface area (Å²) in [7, 11) is 0. The zero-order valence-corrected chi connectivity index (χ0v) is 10.3. The molecule has 5 nitrogen and oxygen atoms in total. The van der Waals surface area contributed by atoms with Crippen molar-refractivity contribution in [3.05, 3.63) is 47.8 Å². The van der Waals surface area contributed by atoms with Gasteiger partial charge in [-0.15, -0.1) is 0 Å². The number of aryl methyl sites for hydroxylation is 1. The number of benzene rings is 1. The van der Waals surface area contributed by atoms with Crippen LogP contribution in [0.3, 0.4) is 0 Å². The number of hydrogen-bond acceptors (Lipinski definition) is 4. The van der Waals surface area contributed by atoms with E-state index in [9.17, 15) is 4.79 Å². The van der Waals surface area contributed by atoms with Gasteiger partial charge in [-0.3, -0.25) is 9.78 Å². The zero-order valence-electron chi connectivity index (χ0n) is 10.3. The van der Waals surface area contributed by atoms with Crippen molar-refractivity contribution in [3.8, 4) is 11.5 Å². The van der Waals surface area contributed by atoms with Crippen LogP contribution >= 0.6 is 0 Å². The van der Waals surface area contributed by atoms with Crippen molar-refractivity contribution >= 4 is 11.6 Å². The summed E-state index contributed by atoms with van der Waals surface area (Å²) in [6, 6.07) is 6.95. The smallest absolute Gasteiger partial charge is 0.255 e. The Labute approximate surface area is 110 Å². The van der Waals surface area contributed by atoms with Crippen molar-refractivity contribution in [2.75, 3.05) is 12.1 Å². The average Bonchev–Trinajstić information content (AvgIpc) is 2.87. The van der Waals surface area contributed by atoms with E-state index in [1.54, 1.807) is 30.6 Å². The average molecular weight is 256 g/mol. The predicted octanol–water partition coefficient (Wildman–Crippen LogP) is 2.37. The second-order valence-corrected chi connectivity index (χ2v) is 4.21. The first-order valence-electron chi connectivity index (χ1n) is 5.85. The molecule has 5 heteroatoms. The highest BCUT2D eigenvalue weighted by molar-refractivity contribution is 6.04. The van der Waals surface area contributed by atoms with Gasteiger partial charge in [-0.25, -0.2) is 0 Å². The number of pyridine rings is 1. The molecule has 1 aromatic carbocycles. The molecule has 0 radical (unpaired) electrons. The molecule has 0 fully saturated rings. The Hall–Kier alpha value is -2.56. The number of carbonyl (C=O) groups is 1. The number of aromatic nitrogens is 1. The van der Waals surface area contributed by atoms with Crippen molar-refractivity contribution in [3.63, 3.8) is 0 Å². The Morgan fingerprint density at radius 1 is 1.21 bits per heavy atom. The SMILES string of the molecule is Cc1cc2c(cc1NC(=O)c1ccncc1)OCO2. The third-order valence-corrected chi connectivity index (χ3v) is 2.91. The Balaban J connectivity index is 1.86. The maximum Gasteiger partial charge on any atom is 0.255 e. The number of carbonyl (C=O) groups excluding carboxylic acids is 1. The summed E-state index contributed by atoms with van der Waals surface area (Å²) < 4.78 is 10.6. The Kier molecular flexibility index (Phi) is 2.79. The molecular weight excluding hydrogens is 244 g/mol. The quantitative estimate of drug-likeness (QED) is 0.896. The van der Waals surface area contributed by atoms with Crippen molar-refractivity contribution in [2.45, 2.75) is 6.92 Å². The monoisotopic (exact) mass is 256 g/mol. The number of amides is 1. The van der Waals surface area contributed by atoms with E-state index in [-0.39, 0.29) is 12.7 Å². The van der Waals surface area contributed by atoms with E-state index in [2.05, 4.69) is 10.3 Å². The minimum atomic E-state index is -0.177. The highest BCUT2D eigenvalue weighted by atomic mass is 16.7. The molecule has 1 aromatic heterocycles. The largest absolute Gasteiger partial charge is 0.454 e. The third kappa shape index (κ3) is 2.22. The van der Waals surface area contributed by atoms with Gasteiger partial charge >= 0.3 is 0 Å². The lowest BCUT2D eigenvalue weighted by Gasteiger charge is -2.09. The van der Waals surface area contributed by atoms with E-state index in [1.165, 1.54) is 0 Å². The molecule has 1 amide bonds. The Morgan fingerprint density at radius 3 is 2.63 bits per heavy atom. The van der Waals surface area contributed by atoms with Crippen LogP contribution in [0.15, 0.2) is 36.7 Å². The van der Waals surface area contributed by atoms with Crippen LogP contribution < -0.4 is 14.8 Å². The molecule has 2 aromatic rings. The topological polar surface area (TPSA) is 60.5 Å². The van der Waals surface area contributed by atoms with Gasteiger partial charge in [0, 0.05) is 29.7 Å². The summed E-state index contributed by atoms with van der Waals surface area (Å²) in [5, 5.41) is 2.85. The molecule has 1 N–H and O–H groups in total. The molecule has 0 saturated carbocycles. The van der Waals surface area contributed by atoms with Crippen molar-refractivity contribution < 1.29 is 14.3 Å². The van der Waals surface area contributed by atoms with E-state index in [1.807, 2.05) is 13.0 Å². The van der Waals surface area contributed by atoms with Gasteiger partial charge in [0.1, 0.15) is 0 Å². The summed E-state index contributed by atoms with van der Waals surface area (Å²) in [6.45, 7) is 2.13. The lowest BCUT2D eigenvalue weighted by molar-refractivity contribution is 0.102. The number of anilines is 1. The number of fused-ring (bicyclic) bond motifs is 1. The number of ether oxygens (including phenoxy) is 2. The van der Waals surface area contributed by atoms with E-state index in [0.29, 0.717) is 22.7 Å². The molecule has 3 rings (SSSR count). The van der Waals surface area contributed by atoms with Crippen LogP contribution in [-0.4, -0.2) is 17.7 Å². The van der Waals surface area contributed by atoms with Crippen molar-refractivity contribution in [2.24, 2.45) is 0 Å². The molecule has 1 aliphatic rings. The van der Waals surface area contributed by atoms with Gasteiger partial charge < -0.3 is 14.8 Å². The normalized spacial score (nSPS) is 12.3. The van der Waals surface area contributed by atoms with Crippen LogP contribution in [0.4, 0.5) is 5.69 Å². The van der Waals surface area contributed by atoms with E-state index < -0.39 is 0 Å². The first kappa shape index (κ1) is 11.5. The first-order valence-corrected chi connectivity index (χ1v) is 5.85. The van der Waals surface area contributed by atoms with Crippen molar-refractivity contribution in [1.82, 2.24) is 4.98 Å². The maximum atomic E-state index is 12.1. The minimum absolute atomic E-state index is 0.177. The molecule has 0 aliphatic carbocycles. The van der Waals surface area contributed by atoms with Gasteiger partial charge in [0.15, 0.2) is 11.5 Å². The fourth-order valence-electron chi connectivity index (χ4n) is 1.88. The van der Waals surface area contributed by atoms with Crippen LogP contribution in [0.1, 0.15) is 15.9 Å². The summed E-state index contributed by atoms with van der Waals surface area (Å²) in [5.41, 5.74) is 2.20. The molecule has 2 heterocycles. The molecule has 96 valence electrons. The third-order valence-electron chi connectivity index (χ3n) is 2.91. The van der Waals surface area contributed by atoms with Crippen LogP contribution in [0.2, 0.25) is 0 Å². The van der Waals surface area contributed by atoms with Gasteiger partial charge in [-0.1, -0.05) is 0 Å². The lowest BCUT2D eigenvalue weighted by Crippen LogP contribution is -2.12. The number of hydrogen-bond donors (Lipinski definition) is 1. The molecule has 1 aliphatic heterocycles. The van der Waals surface area contributed by atoms with Gasteiger partial charge in [-0.2, -0.15) is 0 Å². The van der Waals surface area contributed by atoms with Gasteiger partial charge in [0.05, 0.1) is 0 Å². The summed E-state index contributed by atoms with van der Waals surface area (Å²) in [5.74, 6) is 1.18. The van der Waals surface area contributed by atoms with Crippen LogP contribution in [0, 0.1) is 6.92 Å². The fraction of sp³-hybridized carbons (Fsp3) is 0.143. The maximum absolute atomic E-state index is 12.1. The molecule has 0 saturated heterocycles. The van der Waals surface area contributed by atoms with Gasteiger partial charge in [0.25, 0.3) is 5.91 Å². The Morgan fingerprint density at radius 2 is 1.89 bits per heavy atom. The molecule has 0 bridgehead atoms.